The van der Waals surface area contributed by atoms with E-state index < -0.39 is 0 Å². The van der Waals surface area contributed by atoms with Crippen LogP contribution in [0, 0.1) is 0 Å². The Labute approximate surface area is 164 Å². The summed E-state index contributed by atoms with van der Waals surface area (Å²) >= 11 is 0. The zero-order valence-corrected chi connectivity index (χ0v) is 15.4. The van der Waals surface area contributed by atoms with E-state index in [0.717, 1.165) is 22.7 Å². The first-order chi connectivity index (χ1) is 13.9. The Bertz CT molecular complexity index is 1250. The quantitative estimate of drug-likeness (QED) is 0.325. The highest BCUT2D eigenvalue weighted by Gasteiger charge is 2.11. The second kappa shape index (κ2) is 7.09. The SMILES string of the molecule is c1ccc(Nc2ccc3c(ccc4ccccc43)c2Nc2ccccc2)cc1. The average molecular weight is 360 g/mol. The maximum Gasteiger partial charge on any atom is 0.0703 e. The molecule has 0 amide bonds. The van der Waals surface area contributed by atoms with Crippen molar-refractivity contribution < 1.29 is 0 Å². The second-order valence-corrected chi connectivity index (χ2v) is 6.85. The minimum atomic E-state index is 1.05. The van der Waals surface area contributed by atoms with E-state index in [0.29, 0.717) is 0 Å². The second-order valence-electron chi connectivity index (χ2n) is 6.85. The van der Waals surface area contributed by atoms with E-state index in [1.54, 1.807) is 0 Å². The summed E-state index contributed by atoms with van der Waals surface area (Å²) in [6, 6.07) is 37.9. The lowest BCUT2D eigenvalue weighted by Gasteiger charge is -2.18. The summed E-state index contributed by atoms with van der Waals surface area (Å²) in [5, 5.41) is 12.2. The van der Waals surface area contributed by atoms with E-state index in [1.165, 1.54) is 21.5 Å². The van der Waals surface area contributed by atoms with Crippen molar-refractivity contribution in [2.45, 2.75) is 0 Å². The first-order valence-corrected chi connectivity index (χ1v) is 9.47. The Morgan fingerprint density at radius 3 is 1.75 bits per heavy atom. The largest absolute Gasteiger partial charge is 0.354 e. The van der Waals surface area contributed by atoms with Crippen molar-refractivity contribution >= 4 is 44.3 Å². The van der Waals surface area contributed by atoms with Crippen LogP contribution in [-0.4, -0.2) is 0 Å². The lowest BCUT2D eigenvalue weighted by Crippen LogP contribution is -1.99. The van der Waals surface area contributed by atoms with Crippen LogP contribution in [0.25, 0.3) is 21.5 Å². The first-order valence-electron chi connectivity index (χ1n) is 9.47. The van der Waals surface area contributed by atoms with E-state index in [-0.39, 0.29) is 0 Å². The third-order valence-corrected chi connectivity index (χ3v) is 5.02. The fraction of sp³-hybridized carbons (Fsp3) is 0. The standard InChI is InChI=1S/C26H20N2/c1-3-10-20(11-4-1)27-25-18-17-23-22-14-8-7-9-19(22)15-16-24(23)26(25)28-21-12-5-2-6-13-21/h1-18,27-28H. The third-order valence-electron chi connectivity index (χ3n) is 5.02. The molecule has 0 spiro atoms. The molecule has 0 unspecified atom stereocenters. The van der Waals surface area contributed by atoms with Gasteiger partial charge in [-0.05, 0) is 46.5 Å². The molecule has 134 valence electrons. The number of hydrogen-bond acceptors (Lipinski definition) is 2. The number of benzene rings is 5. The monoisotopic (exact) mass is 360 g/mol. The number of nitrogens with one attached hydrogen (secondary N) is 2. The number of fused-ring (bicyclic) bond motifs is 3. The molecule has 0 radical (unpaired) electrons. The predicted molar refractivity (Wildman–Crippen MR) is 121 cm³/mol. The van der Waals surface area contributed by atoms with E-state index in [1.807, 2.05) is 36.4 Å². The molecule has 0 aliphatic rings. The molecule has 0 aliphatic heterocycles. The van der Waals surface area contributed by atoms with Gasteiger partial charge in [-0.3, -0.25) is 0 Å². The van der Waals surface area contributed by atoms with Gasteiger partial charge in [0.25, 0.3) is 0 Å². The van der Waals surface area contributed by atoms with Crippen molar-refractivity contribution in [3.8, 4) is 0 Å². The number of anilines is 4. The topological polar surface area (TPSA) is 24.1 Å². The fourth-order valence-corrected chi connectivity index (χ4v) is 3.67. The molecule has 0 fully saturated rings. The summed E-state index contributed by atoms with van der Waals surface area (Å²) in [4.78, 5) is 0. The summed E-state index contributed by atoms with van der Waals surface area (Å²) < 4.78 is 0. The summed E-state index contributed by atoms with van der Waals surface area (Å²) in [5.74, 6) is 0. The molecule has 0 aliphatic carbocycles. The molecule has 0 heterocycles. The third kappa shape index (κ3) is 3.06. The van der Waals surface area contributed by atoms with Gasteiger partial charge < -0.3 is 10.6 Å². The Morgan fingerprint density at radius 1 is 0.393 bits per heavy atom. The molecule has 0 atom stereocenters. The molecule has 0 aromatic heterocycles. The van der Waals surface area contributed by atoms with Crippen LogP contribution in [0.3, 0.4) is 0 Å². The molecule has 0 bridgehead atoms. The summed E-state index contributed by atoms with van der Waals surface area (Å²) in [7, 11) is 0. The average Bonchev–Trinajstić information content (AvgIpc) is 2.76. The number of rotatable bonds is 4. The highest BCUT2D eigenvalue weighted by Crippen LogP contribution is 2.38. The molecule has 0 saturated heterocycles. The predicted octanol–water partition coefficient (Wildman–Crippen LogP) is 7.48. The van der Waals surface area contributed by atoms with E-state index in [4.69, 9.17) is 0 Å². The van der Waals surface area contributed by atoms with Crippen LogP contribution in [0.5, 0.6) is 0 Å². The Balaban J connectivity index is 1.71. The highest BCUT2D eigenvalue weighted by atomic mass is 15.0. The van der Waals surface area contributed by atoms with Crippen molar-refractivity contribution in [2.24, 2.45) is 0 Å². The lowest BCUT2D eigenvalue weighted by atomic mass is 9.99. The molecule has 5 aromatic rings. The van der Waals surface area contributed by atoms with Gasteiger partial charge in [0.05, 0.1) is 11.4 Å². The van der Waals surface area contributed by atoms with Gasteiger partial charge in [0, 0.05) is 16.8 Å². The summed E-state index contributed by atoms with van der Waals surface area (Å²) in [6.45, 7) is 0. The highest BCUT2D eigenvalue weighted by molar-refractivity contribution is 6.14. The van der Waals surface area contributed by atoms with Crippen molar-refractivity contribution in [2.75, 3.05) is 10.6 Å². The van der Waals surface area contributed by atoms with Gasteiger partial charge in [0.2, 0.25) is 0 Å². The van der Waals surface area contributed by atoms with Crippen LogP contribution >= 0.6 is 0 Å². The number of para-hydroxylation sites is 2. The zero-order valence-electron chi connectivity index (χ0n) is 15.4. The van der Waals surface area contributed by atoms with Gasteiger partial charge in [0.1, 0.15) is 0 Å². The van der Waals surface area contributed by atoms with Crippen molar-refractivity contribution in [3.05, 3.63) is 109 Å². The molecular formula is C26H20N2. The zero-order chi connectivity index (χ0) is 18.8. The first kappa shape index (κ1) is 16.4. The minimum absolute atomic E-state index is 1.05. The van der Waals surface area contributed by atoms with Crippen LogP contribution in [-0.2, 0) is 0 Å². The summed E-state index contributed by atoms with van der Waals surface area (Å²) in [6.07, 6.45) is 0. The van der Waals surface area contributed by atoms with Crippen LogP contribution in [0.1, 0.15) is 0 Å². The molecule has 2 nitrogen and oxygen atoms in total. The smallest absolute Gasteiger partial charge is 0.0703 e. The van der Waals surface area contributed by atoms with Crippen molar-refractivity contribution in [3.63, 3.8) is 0 Å². The van der Waals surface area contributed by atoms with Gasteiger partial charge >= 0.3 is 0 Å². The van der Waals surface area contributed by atoms with Gasteiger partial charge in [0.15, 0.2) is 0 Å². The molecular weight excluding hydrogens is 340 g/mol. The Morgan fingerprint density at radius 2 is 1.00 bits per heavy atom. The number of hydrogen-bond donors (Lipinski definition) is 2. The lowest BCUT2D eigenvalue weighted by molar-refractivity contribution is 1.53. The van der Waals surface area contributed by atoms with Gasteiger partial charge in [-0.1, -0.05) is 78.9 Å². The van der Waals surface area contributed by atoms with Crippen molar-refractivity contribution in [1.29, 1.82) is 0 Å². The van der Waals surface area contributed by atoms with Crippen LogP contribution in [0.2, 0.25) is 0 Å². The molecule has 5 rings (SSSR count). The fourth-order valence-electron chi connectivity index (χ4n) is 3.67. The van der Waals surface area contributed by atoms with Crippen LogP contribution < -0.4 is 10.6 Å². The van der Waals surface area contributed by atoms with E-state index >= 15 is 0 Å². The normalized spacial score (nSPS) is 10.9. The summed E-state index contributed by atoms with van der Waals surface area (Å²) in [5.41, 5.74) is 4.27. The van der Waals surface area contributed by atoms with Crippen LogP contribution in [0.4, 0.5) is 22.7 Å². The molecule has 28 heavy (non-hydrogen) atoms. The van der Waals surface area contributed by atoms with Gasteiger partial charge in [-0.15, -0.1) is 0 Å². The van der Waals surface area contributed by atoms with Crippen LogP contribution in [0.15, 0.2) is 109 Å². The minimum Gasteiger partial charge on any atom is -0.354 e. The maximum absolute atomic E-state index is 3.64. The Hall–Kier alpha value is -3.78. The van der Waals surface area contributed by atoms with Gasteiger partial charge in [-0.2, -0.15) is 0 Å². The maximum atomic E-state index is 3.64. The molecule has 0 saturated carbocycles. The van der Waals surface area contributed by atoms with E-state index in [2.05, 4.69) is 83.4 Å². The van der Waals surface area contributed by atoms with E-state index in [9.17, 15) is 0 Å². The van der Waals surface area contributed by atoms with Crippen molar-refractivity contribution in [1.82, 2.24) is 0 Å². The Kier molecular flexibility index (Phi) is 4.15. The molecule has 2 heteroatoms. The molecule has 2 N–H and O–H groups in total. The van der Waals surface area contributed by atoms with Gasteiger partial charge in [-0.25, -0.2) is 0 Å². The molecule has 5 aromatic carbocycles.